The lowest BCUT2D eigenvalue weighted by molar-refractivity contribution is 0.474. The topological polar surface area (TPSA) is 81.2 Å². The quantitative estimate of drug-likeness (QED) is 0.392. The highest BCUT2D eigenvalue weighted by atomic mass is 19.1. The summed E-state index contributed by atoms with van der Waals surface area (Å²) in [5.41, 5.74) is 3.99. The van der Waals surface area contributed by atoms with E-state index >= 15 is 4.39 Å². The minimum absolute atomic E-state index is 0.140. The van der Waals surface area contributed by atoms with Crippen molar-refractivity contribution >= 4 is 16.6 Å². The number of fused-ring (bicyclic) bond motifs is 5. The fourth-order valence-electron chi connectivity index (χ4n) is 5.34. The van der Waals surface area contributed by atoms with Gasteiger partial charge in [-0.2, -0.15) is 0 Å². The van der Waals surface area contributed by atoms with E-state index in [1.807, 2.05) is 41.8 Å². The molecule has 2 N–H and O–H groups in total. The van der Waals surface area contributed by atoms with Gasteiger partial charge in [-0.05, 0) is 54.4 Å². The molecule has 0 saturated carbocycles. The lowest BCUT2D eigenvalue weighted by Crippen LogP contribution is -2.37. The first-order valence-corrected chi connectivity index (χ1v) is 11.5. The van der Waals surface area contributed by atoms with Crippen LogP contribution in [0.5, 0.6) is 5.75 Å². The van der Waals surface area contributed by atoms with Crippen molar-refractivity contribution in [3.8, 4) is 22.7 Å². The molecule has 0 bridgehead atoms. The molecule has 1 atom stereocenters. The van der Waals surface area contributed by atoms with Crippen LogP contribution in [0.3, 0.4) is 0 Å². The number of rotatable bonds is 2. The van der Waals surface area contributed by atoms with Crippen LogP contribution in [-0.2, 0) is 14.1 Å². The van der Waals surface area contributed by atoms with Crippen molar-refractivity contribution in [2.45, 2.75) is 13.0 Å². The minimum atomic E-state index is -0.494. The number of halogens is 1. The molecule has 3 aromatic carbocycles. The normalized spacial score (nSPS) is 14.4. The Bertz CT molecular complexity index is 1830. The third-order valence-electron chi connectivity index (χ3n) is 7.02. The molecule has 7 nitrogen and oxygen atoms in total. The predicted octanol–water partition coefficient (Wildman–Crippen LogP) is 4.36. The maximum absolute atomic E-state index is 15.3. The van der Waals surface area contributed by atoms with Crippen molar-refractivity contribution in [3.05, 3.63) is 110 Å². The molecule has 6 rings (SSSR count). The summed E-state index contributed by atoms with van der Waals surface area (Å²) in [6, 6.07) is 18.6. The summed E-state index contributed by atoms with van der Waals surface area (Å²) in [4.78, 5) is 26.7. The third-order valence-corrected chi connectivity index (χ3v) is 7.02. The monoisotopic (exact) mass is 482 g/mol. The second kappa shape index (κ2) is 7.71. The summed E-state index contributed by atoms with van der Waals surface area (Å²) < 4.78 is 19.7. The average Bonchev–Trinajstić information content (AvgIpc) is 3.23. The first kappa shape index (κ1) is 21.9. The highest BCUT2D eigenvalue weighted by molar-refractivity contribution is 5.99. The molecule has 8 heteroatoms. The lowest BCUT2D eigenvalue weighted by Gasteiger charge is -2.32. The summed E-state index contributed by atoms with van der Waals surface area (Å²) in [7, 11) is 3.05. The summed E-state index contributed by atoms with van der Waals surface area (Å²) in [5, 5.41) is 13.9. The summed E-state index contributed by atoms with van der Waals surface area (Å²) >= 11 is 0. The summed E-state index contributed by atoms with van der Waals surface area (Å²) in [6.07, 6.45) is 0. The van der Waals surface area contributed by atoms with Gasteiger partial charge in [0.25, 0.3) is 5.56 Å². The van der Waals surface area contributed by atoms with Crippen LogP contribution in [0.2, 0.25) is 0 Å². The average molecular weight is 483 g/mol. The van der Waals surface area contributed by atoms with Crippen LogP contribution in [0.1, 0.15) is 22.9 Å². The Hall–Kier alpha value is -4.59. The molecule has 2 aromatic heterocycles. The Morgan fingerprint density at radius 1 is 0.944 bits per heavy atom. The van der Waals surface area contributed by atoms with E-state index in [4.69, 9.17) is 0 Å². The highest BCUT2D eigenvalue weighted by Gasteiger charge is 2.35. The second-order valence-corrected chi connectivity index (χ2v) is 9.11. The maximum atomic E-state index is 15.3. The van der Waals surface area contributed by atoms with E-state index in [-0.39, 0.29) is 16.7 Å². The fraction of sp³-hybridized carbons (Fsp3) is 0.143. The van der Waals surface area contributed by atoms with Gasteiger partial charge in [-0.3, -0.25) is 13.9 Å². The molecule has 0 fully saturated rings. The van der Waals surface area contributed by atoms with Crippen molar-refractivity contribution in [2.24, 2.45) is 14.1 Å². The molecule has 0 unspecified atom stereocenters. The van der Waals surface area contributed by atoms with Gasteiger partial charge in [0, 0.05) is 19.7 Å². The zero-order valence-electron chi connectivity index (χ0n) is 19.9. The number of phenols is 1. The number of phenolic OH excluding ortho intramolecular Hbond substituents is 1. The molecule has 36 heavy (non-hydrogen) atoms. The fourth-order valence-corrected chi connectivity index (χ4v) is 5.34. The zero-order chi connectivity index (χ0) is 25.3. The first-order valence-electron chi connectivity index (χ1n) is 11.5. The molecular formula is C28H23FN4O3. The van der Waals surface area contributed by atoms with Gasteiger partial charge < -0.3 is 15.0 Å². The number of nitrogens with one attached hydrogen (secondary N) is 1. The molecule has 1 aliphatic heterocycles. The van der Waals surface area contributed by atoms with Crippen LogP contribution >= 0.6 is 0 Å². The number of anilines is 1. The molecule has 180 valence electrons. The second-order valence-electron chi connectivity index (χ2n) is 9.11. The van der Waals surface area contributed by atoms with Gasteiger partial charge in [0.2, 0.25) is 0 Å². The molecule has 0 aliphatic carbocycles. The standard InChI is InChI=1S/C28H23FN4O3/c1-15-14-16(34)12-13-17(15)23-26-25-22(27(35)32(3)28(36)31(25)2)24(18-8-4-5-9-19(18)29)33(26)21-11-7-6-10-20(21)30-23/h4-14,23,30,34H,1-3H3/t23-/m0/s1. The number of para-hydroxylation sites is 2. The van der Waals surface area contributed by atoms with E-state index in [9.17, 15) is 14.7 Å². The molecule has 5 aromatic rings. The van der Waals surface area contributed by atoms with Gasteiger partial charge in [0.15, 0.2) is 0 Å². The van der Waals surface area contributed by atoms with E-state index in [0.29, 0.717) is 16.9 Å². The molecule has 0 radical (unpaired) electrons. The Labute approximate surface area is 205 Å². The number of aromatic hydroxyl groups is 1. The van der Waals surface area contributed by atoms with Gasteiger partial charge in [-0.1, -0.05) is 30.3 Å². The number of aryl methyl sites for hydroxylation is 2. The molecule has 1 aliphatic rings. The van der Waals surface area contributed by atoms with Crippen LogP contribution in [0.25, 0.3) is 27.8 Å². The highest BCUT2D eigenvalue weighted by Crippen LogP contribution is 2.46. The molecule has 0 amide bonds. The Kier molecular flexibility index (Phi) is 4.69. The van der Waals surface area contributed by atoms with Crippen LogP contribution in [0.15, 0.2) is 76.3 Å². The first-order chi connectivity index (χ1) is 17.3. The summed E-state index contributed by atoms with van der Waals surface area (Å²) in [6.45, 7) is 1.89. The van der Waals surface area contributed by atoms with Crippen molar-refractivity contribution in [2.75, 3.05) is 5.32 Å². The Morgan fingerprint density at radius 3 is 2.42 bits per heavy atom. The van der Waals surface area contributed by atoms with E-state index in [1.165, 1.54) is 17.7 Å². The Balaban J connectivity index is 1.89. The number of hydrogen-bond donors (Lipinski definition) is 2. The van der Waals surface area contributed by atoms with Gasteiger partial charge in [-0.15, -0.1) is 0 Å². The number of nitrogens with zero attached hydrogens (tertiary/aromatic N) is 3. The van der Waals surface area contributed by atoms with Crippen LogP contribution < -0.4 is 16.6 Å². The smallest absolute Gasteiger partial charge is 0.331 e. The minimum Gasteiger partial charge on any atom is -0.508 e. The summed E-state index contributed by atoms with van der Waals surface area (Å²) in [5.74, 6) is -0.329. The van der Waals surface area contributed by atoms with Gasteiger partial charge in [0.05, 0.1) is 39.7 Å². The molecule has 0 spiro atoms. The Morgan fingerprint density at radius 2 is 1.67 bits per heavy atom. The lowest BCUT2D eigenvalue weighted by atomic mass is 9.95. The van der Waals surface area contributed by atoms with Crippen LogP contribution in [0, 0.1) is 12.7 Å². The van der Waals surface area contributed by atoms with Crippen molar-refractivity contribution in [1.82, 2.24) is 13.7 Å². The molecule has 0 saturated heterocycles. The number of benzene rings is 3. The van der Waals surface area contributed by atoms with E-state index in [2.05, 4.69) is 5.32 Å². The number of aromatic nitrogens is 3. The van der Waals surface area contributed by atoms with E-state index in [0.717, 1.165) is 27.1 Å². The predicted molar refractivity (Wildman–Crippen MR) is 137 cm³/mol. The van der Waals surface area contributed by atoms with Gasteiger partial charge >= 0.3 is 5.69 Å². The van der Waals surface area contributed by atoms with Crippen molar-refractivity contribution in [3.63, 3.8) is 0 Å². The van der Waals surface area contributed by atoms with Gasteiger partial charge in [0.1, 0.15) is 11.6 Å². The SMILES string of the molecule is Cc1cc(O)ccc1[C@@H]1Nc2ccccc2-n2c(-c3ccccc3F)c3c(=O)n(C)c(=O)n(C)c3c21. The van der Waals surface area contributed by atoms with Crippen LogP contribution in [0.4, 0.5) is 10.1 Å². The molecular weight excluding hydrogens is 459 g/mol. The van der Waals surface area contributed by atoms with Crippen molar-refractivity contribution < 1.29 is 9.50 Å². The van der Waals surface area contributed by atoms with Crippen LogP contribution in [-0.4, -0.2) is 18.8 Å². The third kappa shape index (κ3) is 2.90. The molecule has 3 heterocycles. The largest absolute Gasteiger partial charge is 0.508 e. The van der Waals surface area contributed by atoms with E-state index in [1.54, 1.807) is 37.4 Å². The van der Waals surface area contributed by atoms with Gasteiger partial charge in [-0.25, -0.2) is 9.18 Å². The van der Waals surface area contributed by atoms with E-state index < -0.39 is 23.1 Å². The maximum Gasteiger partial charge on any atom is 0.331 e. The number of hydrogen-bond acceptors (Lipinski definition) is 4. The van der Waals surface area contributed by atoms with Crippen molar-refractivity contribution in [1.29, 1.82) is 0 Å². The zero-order valence-corrected chi connectivity index (χ0v) is 19.9.